The van der Waals surface area contributed by atoms with Gasteiger partial charge in [0, 0.05) is 23.5 Å². The van der Waals surface area contributed by atoms with Crippen LogP contribution in [0, 0.1) is 13.8 Å². The maximum absolute atomic E-state index is 11.3. The van der Waals surface area contributed by atoms with Crippen molar-refractivity contribution in [3.8, 4) is 0 Å². The summed E-state index contributed by atoms with van der Waals surface area (Å²) in [6, 6.07) is 1.80. The molecule has 0 aliphatic heterocycles. The lowest BCUT2D eigenvalue weighted by atomic mass is 10.2. The highest BCUT2D eigenvalue weighted by atomic mass is 16.3. The third-order valence-corrected chi connectivity index (χ3v) is 2.33. The average Bonchev–Trinajstić information content (AvgIpc) is 2.45. The molecule has 3 heteroatoms. The van der Waals surface area contributed by atoms with Crippen LogP contribution in [0.4, 0.5) is 0 Å². The van der Waals surface area contributed by atoms with E-state index in [9.17, 15) is 4.79 Å². The summed E-state index contributed by atoms with van der Waals surface area (Å²) in [7, 11) is 0. The van der Waals surface area contributed by atoms with E-state index in [1.807, 2.05) is 18.4 Å². The SMILES string of the molecule is C=CCn1c(C)cc(C(=O)CO)c1C. The number of allylic oxidation sites excluding steroid dienone is 1. The molecule has 0 atom stereocenters. The second-order valence-electron chi connectivity index (χ2n) is 3.27. The summed E-state index contributed by atoms with van der Waals surface area (Å²) in [5, 5.41) is 8.76. The van der Waals surface area contributed by atoms with Gasteiger partial charge in [-0.05, 0) is 19.9 Å². The lowest BCUT2D eigenvalue weighted by Gasteiger charge is -2.05. The topological polar surface area (TPSA) is 42.2 Å². The number of aromatic nitrogens is 1. The molecule has 1 rings (SSSR count). The molecule has 14 heavy (non-hydrogen) atoms. The van der Waals surface area contributed by atoms with Crippen LogP contribution in [0.1, 0.15) is 21.7 Å². The summed E-state index contributed by atoms with van der Waals surface area (Å²) < 4.78 is 2.00. The Balaban J connectivity index is 3.16. The first-order valence-electron chi connectivity index (χ1n) is 4.53. The number of carbonyl (C=O) groups is 1. The van der Waals surface area contributed by atoms with E-state index in [0.717, 1.165) is 11.4 Å². The molecule has 0 saturated carbocycles. The third-order valence-electron chi connectivity index (χ3n) is 2.33. The molecule has 0 fully saturated rings. The van der Waals surface area contributed by atoms with Gasteiger partial charge in [-0.2, -0.15) is 0 Å². The lowest BCUT2D eigenvalue weighted by molar-refractivity contribution is 0.0903. The van der Waals surface area contributed by atoms with Crippen LogP contribution in [0.25, 0.3) is 0 Å². The summed E-state index contributed by atoms with van der Waals surface area (Å²) in [5.74, 6) is -0.228. The fourth-order valence-electron chi connectivity index (χ4n) is 1.58. The molecule has 1 N–H and O–H groups in total. The zero-order chi connectivity index (χ0) is 10.7. The predicted octanol–water partition coefficient (Wildman–Crippen LogP) is 1.47. The van der Waals surface area contributed by atoms with Gasteiger partial charge < -0.3 is 9.67 Å². The van der Waals surface area contributed by atoms with E-state index in [1.54, 1.807) is 12.1 Å². The molecule has 1 aromatic heterocycles. The molecule has 0 aliphatic rings. The van der Waals surface area contributed by atoms with Crippen LogP contribution in [0.5, 0.6) is 0 Å². The molecular formula is C11H15NO2. The van der Waals surface area contributed by atoms with Crippen molar-refractivity contribution in [1.82, 2.24) is 4.57 Å². The van der Waals surface area contributed by atoms with Gasteiger partial charge in [-0.25, -0.2) is 0 Å². The van der Waals surface area contributed by atoms with Gasteiger partial charge in [0.2, 0.25) is 0 Å². The minimum absolute atomic E-state index is 0.228. The fraction of sp³-hybridized carbons (Fsp3) is 0.364. The van der Waals surface area contributed by atoms with Crippen molar-refractivity contribution in [3.63, 3.8) is 0 Å². The Morgan fingerprint density at radius 3 is 2.79 bits per heavy atom. The zero-order valence-electron chi connectivity index (χ0n) is 8.58. The van der Waals surface area contributed by atoms with E-state index in [0.29, 0.717) is 12.1 Å². The van der Waals surface area contributed by atoms with Crippen LogP contribution in [-0.4, -0.2) is 22.1 Å². The molecular weight excluding hydrogens is 178 g/mol. The highest BCUT2D eigenvalue weighted by molar-refractivity contribution is 5.98. The number of ketones is 1. The highest BCUT2D eigenvalue weighted by Gasteiger charge is 2.13. The summed E-state index contributed by atoms with van der Waals surface area (Å²) in [6.45, 7) is 7.73. The quantitative estimate of drug-likeness (QED) is 0.581. The molecule has 0 unspecified atom stereocenters. The summed E-state index contributed by atoms with van der Waals surface area (Å²) >= 11 is 0. The second kappa shape index (κ2) is 4.24. The molecule has 0 saturated heterocycles. The van der Waals surface area contributed by atoms with Gasteiger partial charge in [0.25, 0.3) is 0 Å². The summed E-state index contributed by atoms with van der Waals surface area (Å²) in [4.78, 5) is 11.3. The van der Waals surface area contributed by atoms with E-state index in [2.05, 4.69) is 6.58 Å². The van der Waals surface area contributed by atoms with E-state index in [1.165, 1.54) is 0 Å². The van der Waals surface area contributed by atoms with Crippen LogP contribution in [0.3, 0.4) is 0 Å². The smallest absolute Gasteiger partial charge is 0.189 e. The minimum atomic E-state index is -0.432. The standard InChI is InChI=1S/C11H15NO2/c1-4-5-12-8(2)6-10(9(12)3)11(14)7-13/h4,6,13H,1,5,7H2,2-3H3. The van der Waals surface area contributed by atoms with E-state index in [4.69, 9.17) is 5.11 Å². The van der Waals surface area contributed by atoms with E-state index in [-0.39, 0.29) is 5.78 Å². The van der Waals surface area contributed by atoms with Crippen molar-refractivity contribution >= 4 is 5.78 Å². The first-order valence-corrected chi connectivity index (χ1v) is 4.53. The molecule has 0 radical (unpaired) electrons. The van der Waals surface area contributed by atoms with Gasteiger partial charge >= 0.3 is 0 Å². The van der Waals surface area contributed by atoms with Crippen molar-refractivity contribution in [2.75, 3.05) is 6.61 Å². The predicted molar refractivity (Wildman–Crippen MR) is 55.5 cm³/mol. The zero-order valence-corrected chi connectivity index (χ0v) is 8.58. The monoisotopic (exact) mass is 193 g/mol. The fourth-order valence-corrected chi connectivity index (χ4v) is 1.58. The van der Waals surface area contributed by atoms with Crippen LogP contribution >= 0.6 is 0 Å². The Morgan fingerprint density at radius 1 is 1.64 bits per heavy atom. The van der Waals surface area contributed by atoms with Gasteiger partial charge in [0.05, 0.1) is 0 Å². The number of nitrogens with zero attached hydrogens (tertiary/aromatic N) is 1. The Morgan fingerprint density at radius 2 is 2.29 bits per heavy atom. The maximum atomic E-state index is 11.3. The first kappa shape index (κ1) is 10.7. The molecule has 1 aromatic rings. The highest BCUT2D eigenvalue weighted by Crippen LogP contribution is 2.15. The normalized spacial score (nSPS) is 10.2. The van der Waals surface area contributed by atoms with Crippen molar-refractivity contribution in [3.05, 3.63) is 35.7 Å². The van der Waals surface area contributed by atoms with Crippen LogP contribution in [-0.2, 0) is 6.54 Å². The Bertz CT molecular complexity index is 364. The van der Waals surface area contributed by atoms with E-state index < -0.39 is 6.61 Å². The number of carbonyl (C=O) groups excluding carboxylic acids is 1. The van der Waals surface area contributed by atoms with Crippen LogP contribution < -0.4 is 0 Å². The largest absolute Gasteiger partial charge is 0.388 e. The number of aliphatic hydroxyl groups excluding tert-OH is 1. The van der Waals surface area contributed by atoms with Crippen molar-refractivity contribution in [2.24, 2.45) is 0 Å². The van der Waals surface area contributed by atoms with Crippen molar-refractivity contribution in [2.45, 2.75) is 20.4 Å². The van der Waals surface area contributed by atoms with Gasteiger partial charge in [-0.3, -0.25) is 4.79 Å². The number of Topliss-reactive ketones (excluding diaryl/α,β-unsaturated/α-hetero) is 1. The van der Waals surface area contributed by atoms with Gasteiger partial charge in [-0.1, -0.05) is 6.08 Å². The number of hydrogen-bond acceptors (Lipinski definition) is 2. The molecule has 1 heterocycles. The number of aryl methyl sites for hydroxylation is 1. The minimum Gasteiger partial charge on any atom is -0.388 e. The van der Waals surface area contributed by atoms with Crippen LogP contribution in [0.2, 0.25) is 0 Å². The molecule has 76 valence electrons. The van der Waals surface area contributed by atoms with Crippen molar-refractivity contribution in [1.29, 1.82) is 0 Å². The Hall–Kier alpha value is -1.35. The number of hydrogen-bond donors (Lipinski definition) is 1. The number of rotatable bonds is 4. The molecule has 0 bridgehead atoms. The van der Waals surface area contributed by atoms with Crippen molar-refractivity contribution < 1.29 is 9.90 Å². The molecule has 0 spiro atoms. The average molecular weight is 193 g/mol. The summed E-state index contributed by atoms with van der Waals surface area (Å²) in [5.41, 5.74) is 2.51. The van der Waals surface area contributed by atoms with Crippen LogP contribution in [0.15, 0.2) is 18.7 Å². The Labute approximate surface area is 83.7 Å². The van der Waals surface area contributed by atoms with Gasteiger partial charge in [0.1, 0.15) is 6.61 Å². The van der Waals surface area contributed by atoms with Gasteiger partial charge in [0.15, 0.2) is 5.78 Å². The third kappa shape index (κ3) is 1.77. The summed E-state index contributed by atoms with van der Waals surface area (Å²) in [6.07, 6.45) is 1.78. The van der Waals surface area contributed by atoms with Gasteiger partial charge in [-0.15, -0.1) is 6.58 Å². The molecule has 0 amide bonds. The molecule has 0 aromatic carbocycles. The Kier molecular flexibility index (Phi) is 3.25. The molecule has 3 nitrogen and oxygen atoms in total. The second-order valence-corrected chi connectivity index (χ2v) is 3.27. The van der Waals surface area contributed by atoms with E-state index >= 15 is 0 Å². The number of aliphatic hydroxyl groups is 1. The lowest BCUT2D eigenvalue weighted by Crippen LogP contribution is -2.07. The maximum Gasteiger partial charge on any atom is 0.189 e. The molecule has 0 aliphatic carbocycles. The first-order chi connectivity index (χ1) is 6.61.